The van der Waals surface area contributed by atoms with Crippen molar-refractivity contribution in [3.05, 3.63) is 44.4 Å². The van der Waals surface area contributed by atoms with Gasteiger partial charge in [-0.1, -0.05) is 46.5 Å². The van der Waals surface area contributed by atoms with Crippen molar-refractivity contribution in [3.8, 4) is 0 Å². The molecule has 0 saturated carbocycles. The lowest BCUT2D eigenvalue weighted by Gasteiger charge is -2.13. The zero-order valence-electron chi connectivity index (χ0n) is 13.0. The lowest BCUT2D eigenvalue weighted by Crippen LogP contribution is -2.30. The molecule has 2 rings (SSSR count). The van der Waals surface area contributed by atoms with Crippen LogP contribution in [-0.2, 0) is 9.53 Å². The number of carbonyl (C=O) groups is 2. The third-order valence-corrected chi connectivity index (χ3v) is 4.86. The van der Waals surface area contributed by atoms with Crippen molar-refractivity contribution in [3.63, 3.8) is 0 Å². The third kappa shape index (κ3) is 5.40. The summed E-state index contributed by atoms with van der Waals surface area (Å²) in [5, 5.41) is 3.06. The summed E-state index contributed by atoms with van der Waals surface area (Å²) in [6.45, 7) is 0.137. The van der Waals surface area contributed by atoms with Gasteiger partial charge in [-0.25, -0.2) is 4.79 Å². The van der Waals surface area contributed by atoms with Crippen molar-refractivity contribution in [2.75, 3.05) is 13.2 Å². The molecule has 1 aromatic carbocycles. The Morgan fingerprint density at radius 1 is 1.12 bits per heavy atom. The molecular formula is C17H18Cl3NO3. The summed E-state index contributed by atoms with van der Waals surface area (Å²) in [5.74, 6) is -1.15. The number of allylic oxidation sites excluding steroid dienone is 1. The largest absolute Gasteiger partial charge is 0.452 e. The molecule has 7 heteroatoms. The molecule has 0 aliphatic heterocycles. The predicted molar refractivity (Wildman–Crippen MR) is 95.9 cm³/mol. The summed E-state index contributed by atoms with van der Waals surface area (Å²) < 4.78 is 4.96. The fourth-order valence-electron chi connectivity index (χ4n) is 2.46. The number of esters is 1. The number of hydrogen-bond acceptors (Lipinski definition) is 3. The SMILES string of the molecule is O=C(COC(=O)c1c(Cl)ccc(Cl)c1Cl)NCCC1=CCCCC1. The minimum Gasteiger partial charge on any atom is -0.452 e. The fraction of sp³-hybridized carbons (Fsp3) is 0.412. The molecule has 0 aromatic heterocycles. The predicted octanol–water partition coefficient (Wildman–Crippen LogP) is 4.81. The second-order valence-corrected chi connectivity index (χ2v) is 6.69. The Morgan fingerprint density at radius 3 is 2.58 bits per heavy atom. The van der Waals surface area contributed by atoms with Gasteiger partial charge in [-0.3, -0.25) is 4.79 Å². The normalized spacial score (nSPS) is 14.0. The lowest BCUT2D eigenvalue weighted by atomic mass is 9.97. The molecule has 0 fully saturated rings. The van der Waals surface area contributed by atoms with Gasteiger partial charge in [0.25, 0.3) is 5.91 Å². The van der Waals surface area contributed by atoms with Crippen LogP contribution in [0, 0.1) is 0 Å². The van der Waals surface area contributed by atoms with Crippen LogP contribution in [-0.4, -0.2) is 25.0 Å². The van der Waals surface area contributed by atoms with E-state index in [1.165, 1.54) is 30.5 Å². The second kappa shape index (κ2) is 9.30. The van der Waals surface area contributed by atoms with Gasteiger partial charge >= 0.3 is 5.97 Å². The molecule has 1 aliphatic rings. The van der Waals surface area contributed by atoms with Crippen molar-refractivity contribution >= 4 is 46.7 Å². The number of amides is 1. The van der Waals surface area contributed by atoms with E-state index in [0.29, 0.717) is 6.54 Å². The molecule has 0 heterocycles. The average Bonchev–Trinajstić information content (AvgIpc) is 2.58. The van der Waals surface area contributed by atoms with Crippen LogP contribution in [0.4, 0.5) is 0 Å². The molecular weight excluding hydrogens is 373 g/mol. The molecule has 4 nitrogen and oxygen atoms in total. The van der Waals surface area contributed by atoms with Crippen LogP contribution >= 0.6 is 34.8 Å². The number of ether oxygens (including phenoxy) is 1. The summed E-state index contributed by atoms with van der Waals surface area (Å²) in [6, 6.07) is 2.93. The summed E-state index contributed by atoms with van der Waals surface area (Å²) in [6.07, 6.45) is 7.71. The van der Waals surface area contributed by atoms with Crippen molar-refractivity contribution in [1.82, 2.24) is 5.32 Å². The molecule has 130 valence electrons. The van der Waals surface area contributed by atoms with Crippen molar-refractivity contribution in [2.24, 2.45) is 0 Å². The molecule has 1 amide bonds. The van der Waals surface area contributed by atoms with E-state index in [1.807, 2.05) is 0 Å². The average molecular weight is 391 g/mol. The van der Waals surface area contributed by atoms with Crippen LogP contribution in [0.15, 0.2) is 23.8 Å². The molecule has 0 saturated heterocycles. The standard InChI is InChI=1S/C17H18Cl3NO3/c18-12-6-7-13(19)16(20)15(12)17(23)24-10-14(22)21-9-8-11-4-2-1-3-5-11/h4,6-7H,1-3,5,8-10H2,(H,21,22). The highest BCUT2D eigenvalue weighted by Gasteiger charge is 2.19. The van der Waals surface area contributed by atoms with Crippen molar-refractivity contribution in [2.45, 2.75) is 32.1 Å². The number of nitrogens with one attached hydrogen (secondary N) is 1. The highest BCUT2D eigenvalue weighted by Crippen LogP contribution is 2.31. The van der Waals surface area contributed by atoms with Gasteiger partial charge in [0.2, 0.25) is 0 Å². The van der Waals surface area contributed by atoms with Crippen LogP contribution in [0.1, 0.15) is 42.5 Å². The van der Waals surface area contributed by atoms with Gasteiger partial charge < -0.3 is 10.1 Å². The Labute approximate surface area is 156 Å². The van der Waals surface area contributed by atoms with E-state index in [9.17, 15) is 9.59 Å². The van der Waals surface area contributed by atoms with E-state index in [4.69, 9.17) is 39.5 Å². The minimum absolute atomic E-state index is 0.0128. The van der Waals surface area contributed by atoms with Gasteiger partial charge in [-0.15, -0.1) is 0 Å². The van der Waals surface area contributed by atoms with E-state index in [-0.39, 0.29) is 26.5 Å². The maximum absolute atomic E-state index is 12.0. The van der Waals surface area contributed by atoms with E-state index in [2.05, 4.69) is 11.4 Å². The summed E-state index contributed by atoms with van der Waals surface area (Å²) >= 11 is 17.7. The second-order valence-electron chi connectivity index (χ2n) is 5.50. The van der Waals surface area contributed by atoms with Crippen LogP contribution in [0.3, 0.4) is 0 Å². The highest BCUT2D eigenvalue weighted by atomic mass is 35.5. The Hall–Kier alpha value is -1.23. The Morgan fingerprint density at radius 2 is 1.88 bits per heavy atom. The maximum Gasteiger partial charge on any atom is 0.341 e. The highest BCUT2D eigenvalue weighted by molar-refractivity contribution is 6.46. The van der Waals surface area contributed by atoms with Gasteiger partial charge in [0.05, 0.1) is 20.6 Å². The van der Waals surface area contributed by atoms with Crippen molar-refractivity contribution in [1.29, 1.82) is 0 Å². The van der Waals surface area contributed by atoms with Gasteiger partial charge in [0, 0.05) is 6.54 Å². The monoisotopic (exact) mass is 389 g/mol. The zero-order valence-corrected chi connectivity index (χ0v) is 15.3. The van der Waals surface area contributed by atoms with Crippen LogP contribution in [0.25, 0.3) is 0 Å². The van der Waals surface area contributed by atoms with Crippen LogP contribution in [0.5, 0.6) is 0 Å². The summed E-state index contributed by atoms with van der Waals surface area (Å²) in [7, 11) is 0. The number of hydrogen-bond donors (Lipinski definition) is 1. The summed E-state index contributed by atoms with van der Waals surface area (Å²) in [5.41, 5.74) is 1.34. The third-order valence-electron chi connectivity index (χ3n) is 3.74. The first-order chi connectivity index (χ1) is 11.5. The first-order valence-corrected chi connectivity index (χ1v) is 8.87. The van der Waals surface area contributed by atoms with Crippen LogP contribution in [0.2, 0.25) is 15.1 Å². The van der Waals surface area contributed by atoms with Gasteiger partial charge in [-0.05, 0) is 44.2 Å². The minimum atomic E-state index is -0.780. The molecule has 0 unspecified atom stereocenters. The molecule has 1 aliphatic carbocycles. The number of benzene rings is 1. The molecule has 1 N–H and O–H groups in total. The summed E-state index contributed by atoms with van der Waals surface area (Å²) in [4.78, 5) is 23.8. The topological polar surface area (TPSA) is 55.4 Å². The Balaban J connectivity index is 1.78. The van der Waals surface area contributed by atoms with Gasteiger partial charge in [0.15, 0.2) is 6.61 Å². The smallest absolute Gasteiger partial charge is 0.341 e. The number of rotatable bonds is 6. The fourth-order valence-corrected chi connectivity index (χ4v) is 3.15. The molecule has 1 aromatic rings. The quantitative estimate of drug-likeness (QED) is 0.431. The molecule has 0 spiro atoms. The van der Waals surface area contributed by atoms with E-state index in [1.54, 1.807) is 0 Å². The molecule has 24 heavy (non-hydrogen) atoms. The van der Waals surface area contributed by atoms with Crippen molar-refractivity contribution < 1.29 is 14.3 Å². The maximum atomic E-state index is 12.0. The molecule has 0 radical (unpaired) electrons. The van der Waals surface area contributed by atoms with E-state index in [0.717, 1.165) is 19.3 Å². The Bertz CT molecular complexity index is 659. The van der Waals surface area contributed by atoms with Gasteiger partial charge in [-0.2, -0.15) is 0 Å². The van der Waals surface area contributed by atoms with Crippen LogP contribution < -0.4 is 5.32 Å². The Kier molecular flexibility index (Phi) is 7.40. The van der Waals surface area contributed by atoms with E-state index >= 15 is 0 Å². The van der Waals surface area contributed by atoms with E-state index < -0.39 is 12.6 Å². The zero-order chi connectivity index (χ0) is 17.5. The molecule has 0 atom stereocenters. The lowest BCUT2D eigenvalue weighted by molar-refractivity contribution is -0.124. The first kappa shape index (κ1) is 19.1. The molecule has 0 bridgehead atoms. The number of carbonyl (C=O) groups excluding carboxylic acids is 2. The van der Waals surface area contributed by atoms with Gasteiger partial charge in [0.1, 0.15) is 0 Å². The number of halogens is 3. The first-order valence-electron chi connectivity index (χ1n) is 7.74.